The predicted octanol–water partition coefficient (Wildman–Crippen LogP) is 3.15. The highest BCUT2D eigenvalue weighted by Gasteiger charge is 2.29. The van der Waals surface area contributed by atoms with E-state index >= 15 is 0 Å². The minimum atomic E-state index is -0.0934. The van der Waals surface area contributed by atoms with E-state index in [1.165, 1.54) is 23.9 Å². The molecule has 1 aliphatic carbocycles. The fraction of sp³-hybridized carbons (Fsp3) is 0.524. The van der Waals surface area contributed by atoms with E-state index in [4.69, 9.17) is 4.74 Å². The number of hydrogen-bond donors (Lipinski definition) is 0. The topological polar surface area (TPSA) is 47.4 Å². The molecule has 1 saturated carbocycles. The van der Waals surface area contributed by atoms with Crippen LogP contribution in [0, 0.1) is 6.92 Å². The highest BCUT2D eigenvalue weighted by Crippen LogP contribution is 2.29. The summed E-state index contributed by atoms with van der Waals surface area (Å²) in [6, 6.07) is 10.5. The van der Waals surface area contributed by atoms with Crippen molar-refractivity contribution in [3.63, 3.8) is 0 Å². The van der Waals surface area contributed by atoms with Crippen molar-refractivity contribution in [3.05, 3.63) is 46.4 Å². The summed E-state index contributed by atoms with van der Waals surface area (Å²) in [7, 11) is 1.67. The highest BCUT2D eigenvalue weighted by molar-refractivity contribution is 5.65. The average molecular weight is 353 g/mol. The van der Waals surface area contributed by atoms with Gasteiger partial charge < -0.3 is 9.64 Å². The van der Waals surface area contributed by atoms with Gasteiger partial charge in [0.05, 0.1) is 5.69 Å². The molecule has 1 saturated heterocycles. The molecule has 1 aromatic carbocycles. The van der Waals surface area contributed by atoms with E-state index in [0.29, 0.717) is 6.10 Å². The summed E-state index contributed by atoms with van der Waals surface area (Å²) < 4.78 is 7.56. The smallest absolute Gasteiger partial charge is 0.267 e. The van der Waals surface area contributed by atoms with Crippen molar-refractivity contribution in [1.82, 2.24) is 14.7 Å². The van der Waals surface area contributed by atoms with Gasteiger partial charge in [0.15, 0.2) is 0 Å². The van der Waals surface area contributed by atoms with Gasteiger partial charge in [-0.2, -0.15) is 5.10 Å². The first-order chi connectivity index (χ1) is 12.6. The van der Waals surface area contributed by atoms with E-state index in [0.717, 1.165) is 54.5 Å². The standard InChI is InChI=1S/C21H27N3O2/c1-15-20(14-21(25)23(2)22-15)16-6-8-18(9-7-16)26-19-10-12-24(13-11-19)17-4-3-5-17/h6-9,14,17,19H,3-5,10-13H2,1-2H3. The maximum atomic E-state index is 11.9. The van der Waals surface area contributed by atoms with Crippen molar-refractivity contribution >= 4 is 0 Å². The van der Waals surface area contributed by atoms with Crippen LogP contribution in [0.1, 0.15) is 37.8 Å². The monoisotopic (exact) mass is 353 g/mol. The van der Waals surface area contributed by atoms with E-state index < -0.39 is 0 Å². The molecule has 0 amide bonds. The second kappa shape index (κ2) is 7.23. The van der Waals surface area contributed by atoms with Gasteiger partial charge in [-0.05, 0) is 50.3 Å². The number of rotatable bonds is 4. The normalized spacial score (nSPS) is 19.3. The third-order valence-electron chi connectivity index (χ3n) is 5.81. The summed E-state index contributed by atoms with van der Waals surface area (Å²) in [5.74, 6) is 0.908. The second-order valence-corrected chi connectivity index (χ2v) is 7.57. The summed E-state index contributed by atoms with van der Waals surface area (Å²) >= 11 is 0. The Morgan fingerprint density at radius 3 is 2.38 bits per heavy atom. The van der Waals surface area contributed by atoms with Crippen LogP contribution in [0.15, 0.2) is 35.1 Å². The maximum absolute atomic E-state index is 11.9. The molecule has 1 aromatic heterocycles. The molecule has 138 valence electrons. The van der Waals surface area contributed by atoms with Gasteiger partial charge in [0.2, 0.25) is 0 Å². The zero-order chi connectivity index (χ0) is 18.1. The summed E-state index contributed by atoms with van der Waals surface area (Å²) in [5, 5.41) is 4.27. The lowest BCUT2D eigenvalue weighted by Crippen LogP contribution is -2.46. The van der Waals surface area contributed by atoms with E-state index in [9.17, 15) is 4.79 Å². The molecule has 0 atom stereocenters. The molecule has 5 nitrogen and oxygen atoms in total. The van der Waals surface area contributed by atoms with Gasteiger partial charge in [-0.25, -0.2) is 4.68 Å². The van der Waals surface area contributed by atoms with Crippen LogP contribution in [-0.4, -0.2) is 39.9 Å². The van der Waals surface area contributed by atoms with Gasteiger partial charge in [-0.15, -0.1) is 0 Å². The van der Waals surface area contributed by atoms with Gasteiger partial charge in [0.25, 0.3) is 5.56 Å². The van der Waals surface area contributed by atoms with Crippen molar-refractivity contribution in [2.24, 2.45) is 7.05 Å². The first-order valence-electron chi connectivity index (χ1n) is 9.66. The summed E-state index contributed by atoms with van der Waals surface area (Å²) in [4.78, 5) is 14.5. The molecule has 26 heavy (non-hydrogen) atoms. The average Bonchev–Trinajstić information content (AvgIpc) is 2.59. The van der Waals surface area contributed by atoms with Crippen molar-refractivity contribution in [3.8, 4) is 16.9 Å². The molecule has 2 aromatic rings. The zero-order valence-corrected chi connectivity index (χ0v) is 15.6. The van der Waals surface area contributed by atoms with Crippen LogP contribution in [0.5, 0.6) is 5.75 Å². The zero-order valence-electron chi connectivity index (χ0n) is 15.6. The van der Waals surface area contributed by atoms with Crippen molar-refractivity contribution in [1.29, 1.82) is 0 Å². The number of piperidine rings is 1. The Hall–Kier alpha value is -2.14. The molecule has 0 bridgehead atoms. The lowest BCUT2D eigenvalue weighted by Gasteiger charge is -2.41. The first-order valence-corrected chi connectivity index (χ1v) is 9.66. The molecular formula is C21H27N3O2. The Kier molecular flexibility index (Phi) is 4.81. The van der Waals surface area contributed by atoms with Crippen LogP contribution in [0.3, 0.4) is 0 Å². The number of hydrogen-bond acceptors (Lipinski definition) is 4. The Labute approximate surface area is 154 Å². The van der Waals surface area contributed by atoms with Gasteiger partial charge in [-0.3, -0.25) is 4.79 Å². The molecule has 0 unspecified atom stereocenters. The minimum absolute atomic E-state index is 0.0934. The van der Waals surface area contributed by atoms with Crippen molar-refractivity contribution < 1.29 is 4.74 Å². The SMILES string of the molecule is Cc1nn(C)c(=O)cc1-c1ccc(OC2CCN(C3CCC3)CC2)cc1. The number of aryl methyl sites for hydroxylation is 2. The quantitative estimate of drug-likeness (QED) is 0.847. The summed E-state index contributed by atoms with van der Waals surface area (Å²) in [5.41, 5.74) is 2.64. The van der Waals surface area contributed by atoms with Gasteiger partial charge in [-0.1, -0.05) is 18.6 Å². The Bertz CT molecular complexity index is 816. The summed E-state index contributed by atoms with van der Waals surface area (Å²) in [6.07, 6.45) is 6.68. The first kappa shape index (κ1) is 17.3. The largest absolute Gasteiger partial charge is 0.490 e. The molecule has 5 heteroatoms. The van der Waals surface area contributed by atoms with Gasteiger partial charge in [0, 0.05) is 37.8 Å². The van der Waals surface area contributed by atoms with Crippen LogP contribution < -0.4 is 10.3 Å². The molecule has 2 heterocycles. The van der Waals surface area contributed by atoms with E-state index in [2.05, 4.69) is 10.00 Å². The molecule has 0 radical (unpaired) electrons. The lowest BCUT2D eigenvalue weighted by atomic mass is 9.90. The Balaban J connectivity index is 1.39. The second-order valence-electron chi connectivity index (χ2n) is 7.57. The Morgan fingerprint density at radius 2 is 1.77 bits per heavy atom. The number of nitrogens with zero attached hydrogens (tertiary/aromatic N) is 3. The molecule has 1 aliphatic heterocycles. The van der Waals surface area contributed by atoms with Gasteiger partial charge >= 0.3 is 0 Å². The lowest BCUT2D eigenvalue weighted by molar-refractivity contribution is 0.0493. The van der Waals surface area contributed by atoms with E-state index in [-0.39, 0.29) is 5.56 Å². The van der Waals surface area contributed by atoms with Crippen molar-refractivity contribution in [2.45, 2.75) is 51.2 Å². The third kappa shape index (κ3) is 3.54. The molecule has 2 aliphatic rings. The maximum Gasteiger partial charge on any atom is 0.267 e. The fourth-order valence-electron chi connectivity index (χ4n) is 3.96. The number of aromatic nitrogens is 2. The highest BCUT2D eigenvalue weighted by atomic mass is 16.5. The molecule has 4 rings (SSSR count). The molecule has 0 N–H and O–H groups in total. The van der Waals surface area contributed by atoms with Crippen LogP contribution in [0.4, 0.5) is 0 Å². The third-order valence-corrected chi connectivity index (χ3v) is 5.81. The number of benzene rings is 1. The number of ether oxygens (including phenoxy) is 1. The van der Waals surface area contributed by atoms with Crippen molar-refractivity contribution in [2.75, 3.05) is 13.1 Å². The minimum Gasteiger partial charge on any atom is -0.490 e. The van der Waals surface area contributed by atoms with E-state index in [1.807, 2.05) is 31.2 Å². The summed E-state index contributed by atoms with van der Waals surface area (Å²) in [6.45, 7) is 4.24. The molecule has 2 fully saturated rings. The van der Waals surface area contributed by atoms with E-state index in [1.54, 1.807) is 13.1 Å². The van der Waals surface area contributed by atoms with Crippen LogP contribution in [-0.2, 0) is 7.05 Å². The van der Waals surface area contributed by atoms with Gasteiger partial charge in [0.1, 0.15) is 11.9 Å². The molecular weight excluding hydrogens is 326 g/mol. The molecule has 0 spiro atoms. The van der Waals surface area contributed by atoms with Crippen LogP contribution in [0.25, 0.3) is 11.1 Å². The number of likely N-dealkylation sites (tertiary alicyclic amines) is 1. The fourth-order valence-corrected chi connectivity index (χ4v) is 3.96. The van der Waals surface area contributed by atoms with Crippen LogP contribution >= 0.6 is 0 Å². The Morgan fingerprint density at radius 1 is 1.08 bits per heavy atom. The predicted molar refractivity (Wildman–Crippen MR) is 103 cm³/mol. The van der Waals surface area contributed by atoms with Crippen LogP contribution in [0.2, 0.25) is 0 Å².